The van der Waals surface area contributed by atoms with Crippen LogP contribution in [0.5, 0.6) is 5.75 Å². The minimum Gasteiger partial charge on any atom is -0.484 e. The molecule has 116 valence electrons. The van der Waals surface area contributed by atoms with E-state index in [1.165, 1.54) is 0 Å². The Kier molecular flexibility index (Phi) is 6.98. The van der Waals surface area contributed by atoms with E-state index in [2.05, 4.69) is 10.6 Å². The van der Waals surface area contributed by atoms with Gasteiger partial charge in [0.1, 0.15) is 5.75 Å². The molecule has 21 heavy (non-hydrogen) atoms. The van der Waals surface area contributed by atoms with Crippen LogP contribution in [0.3, 0.4) is 0 Å². The second kappa shape index (κ2) is 8.49. The topological polar surface area (TPSA) is 93.5 Å². The van der Waals surface area contributed by atoms with Crippen molar-refractivity contribution in [2.24, 2.45) is 5.73 Å². The number of benzene rings is 1. The number of piperidine rings is 1. The van der Waals surface area contributed by atoms with Crippen molar-refractivity contribution in [3.63, 3.8) is 0 Å². The summed E-state index contributed by atoms with van der Waals surface area (Å²) in [6.07, 6.45) is 3.06. The van der Waals surface area contributed by atoms with Gasteiger partial charge in [0.05, 0.1) is 6.04 Å². The van der Waals surface area contributed by atoms with Crippen LogP contribution in [0, 0.1) is 0 Å². The summed E-state index contributed by atoms with van der Waals surface area (Å²) in [5.74, 6) is -0.00107. The molecule has 0 spiro atoms. The molecule has 1 aromatic rings. The molecule has 1 aliphatic rings. The van der Waals surface area contributed by atoms with E-state index in [0.29, 0.717) is 11.4 Å². The molecule has 0 aromatic heterocycles. The summed E-state index contributed by atoms with van der Waals surface area (Å²) < 4.78 is 5.14. The number of amides is 2. The summed E-state index contributed by atoms with van der Waals surface area (Å²) in [5, 5.41) is 6.05. The fraction of sp³-hybridized carbons (Fsp3) is 0.429. The molecule has 1 aromatic carbocycles. The molecule has 1 saturated heterocycles. The summed E-state index contributed by atoms with van der Waals surface area (Å²) in [7, 11) is 0. The summed E-state index contributed by atoms with van der Waals surface area (Å²) in [5.41, 5.74) is 5.69. The molecule has 1 heterocycles. The van der Waals surface area contributed by atoms with E-state index < -0.39 is 5.91 Å². The first-order chi connectivity index (χ1) is 9.65. The van der Waals surface area contributed by atoms with E-state index in [0.717, 1.165) is 25.8 Å². The first-order valence-corrected chi connectivity index (χ1v) is 6.70. The lowest BCUT2D eigenvalue weighted by Gasteiger charge is -2.22. The fourth-order valence-electron chi connectivity index (χ4n) is 2.09. The Balaban J connectivity index is 0.00000220. The summed E-state index contributed by atoms with van der Waals surface area (Å²) in [6.45, 7) is 0.732. The molecule has 2 amide bonds. The van der Waals surface area contributed by atoms with E-state index in [9.17, 15) is 9.59 Å². The number of carbonyl (C=O) groups is 2. The highest BCUT2D eigenvalue weighted by Gasteiger charge is 2.20. The number of nitrogens with one attached hydrogen (secondary N) is 2. The summed E-state index contributed by atoms with van der Waals surface area (Å²) >= 11 is 0. The molecule has 0 aliphatic carbocycles. The van der Waals surface area contributed by atoms with Gasteiger partial charge >= 0.3 is 0 Å². The highest BCUT2D eigenvalue weighted by Crippen LogP contribution is 2.16. The van der Waals surface area contributed by atoms with Gasteiger partial charge in [-0.15, -0.1) is 12.4 Å². The van der Waals surface area contributed by atoms with Crippen molar-refractivity contribution in [3.05, 3.63) is 24.3 Å². The number of ether oxygens (including phenoxy) is 1. The van der Waals surface area contributed by atoms with E-state index in [1.807, 2.05) is 0 Å². The number of nitrogens with two attached hydrogens (primary N) is 1. The maximum Gasteiger partial charge on any atom is 0.255 e. The Labute approximate surface area is 129 Å². The van der Waals surface area contributed by atoms with Gasteiger partial charge in [-0.2, -0.15) is 0 Å². The zero-order valence-corrected chi connectivity index (χ0v) is 12.4. The van der Waals surface area contributed by atoms with Gasteiger partial charge in [-0.1, -0.05) is 6.42 Å². The molecule has 0 saturated carbocycles. The zero-order valence-electron chi connectivity index (χ0n) is 11.6. The zero-order chi connectivity index (χ0) is 14.4. The Morgan fingerprint density at radius 3 is 2.57 bits per heavy atom. The molecule has 0 bridgehead atoms. The predicted molar refractivity (Wildman–Crippen MR) is 82.7 cm³/mol. The third kappa shape index (κ3) is 5.61. The minimum atomic E-state index is -0.522. The fourth-order valence-corrected chi connectivity index (χ4v) is 2.09. The number of anilines is 1. The number of carbonyl (C=O) groups excluding carboxylic acids is 2. The number of hydrogen-bond acceptors (Lipinski definition) is 4. The van der Waals surface area contributed by atoms with Crippen LogP contribution in [0.2, 0.25) is 0 Å². The van der Waals surface area contributed by atoms with Crippen molar-refractivity contribution >= 4 is 29.9 Å². The van der Waals surface area contributed by atoms with Crippen molar-refractivity contribution in [2.75, 3.05) is 18.5 Å². The lowest BCUT2D eigenvalue weighted by molar-refractivity contribution is -0.120. The Morgan fingerprint density at radius 2 is 2.00 bits per heavy atom. The summed E-state index contributed by atoms with van der Waals surface area (Å²) in [4.78, 5) is 22.6. The lowest BCUT2D eigenvalue weighted by atomic mass is 10.0. The van der Waals surface area contributed by atoms with Gasteiger partial charge in [-0.3, -0.25) is 9.59 Å². The highest BCUT2D eigenvalue weighted by atomic mass is 35.5. The second-order valence-corrected chi connectivity index (χ2v) is 4.77. The van der Waals surface area contributed by atoms with Crippen LogP contribution in [-0.4, -0.2) is 31.0 Å². The van der Waals surface area contributed by atoms with Gasteiger partial charge in [0, 0.05) is 5.69 Å². The quantitative estimate of drug-likeness (QED) is 0.757. The molecule has 1 fully saturated rings. The van der Waals surface area contributed by atoms with Gasteiger partial charge in [0.2, 0.25) is 5.91 Å². The molecular formula is C14H20ClN3O3. The van der Waals surface area contributed by atoms with E-state index in [1.54, 1.807) is 24.3 Å². The Hall–Kier alpha value is -1.79. The predicted octanol–water partition coefficient (Wildman–Crippen LogP) is 1.05. The van der Waals surface area contributed by atoms with Gasteiger partial charge < -0.3 is 21.1 Å². The van der Waals surface area contributed by atoms with Crippen molar-refractivity contribution in [1.29, 1.82) is 0 Å². The van der Waals surface area contributed by atoms with Crippen LogP contribution < -0.4 is 21.1 Å². The molecule has 1 unspecified atom stereocenters. The first kappa shape index (κ1) is 17.3. The number of hydrogen-bond donors (Lipinski definition) is 3. The maximum absolute atomic E-state index is 12.0. The second-order valence-electron chi connectivity index (χ2n) is 4.77. The molecule has 6 nitrogen and oxygen atoms in total. The molecular weight excluding hydrogens is 294 g/mol. The lowest BCUT2D eigenvalue weighted by Crippen LogP contribution is -2.43. The van der Waals surface area contributed by atoms with Crippen LogP contribution >= 0.6 is 12.4 Å². The van der Waals surface area contributed by atoms with Crippen molar-refractivity contribution in [1.82, 2.24) is 5.32 Å². The average molecular weight is 314 g/mol. The number of primary amides is 1. The van der Waals surface area contributed by atoms with Crippen molar-refractivity contribution in [3.8, 4) is 5.75 Å². The highest BCUT2D eigenvalue weighted by molar-refractivity contribution is 5.94. The SMILES string of the molecule is Cl.NC(=O)COc1ccc(NC(=O)C2CCCCN2)cc1. The van der Waals surface area contributed by atoms with E-state index >= 15 is 0 Å². The van der Waals surface area contributed by atoms with Gasteiger partial charge in [-0.25, -0.2) is 0 Å². The van der Waals surface area contributed by atoms with Gasteiger partial charge in [0.25, 0.3) is 5.91 Å². The normalized spacial score (nSPS) is 17.4. The largest absolute Gasteiger partial charge is 0.484 e. The molecule has 7 heteroatoms. The third-order valence-corrected chi connectivity index (χ3v) is 3.13. The Bertz CT molecular complexity index is 473. The standard InChI is InChI=1S/C14H19N3O3.ClH/c15-13(18)9-20-11-6-4-10(5-7-11)17-14(19)12-3-1-2-8-16-12;/h4-7,12,16H,1-3,8-9H2,(H2,15,18)(H,17,19);1H. The van der Waals surface area contributed by atoms with Crippen LogP contribution in [-0.2, 0) is 9.59 Å². The van der Waals surface area contributed by atoms with Gasteiger partial charge in [-0.05, 0) is 43.7 Å². The van der Waals surface area contributed by atoms with Crippen LogP contribution in [0.4, 0.5) is 5.69 Å². The van der Waals surface area contributed by atoms with Crippen molar-refractivity contribution in [2.45, 2.75) is 25.3 Å². The van der Waals surface area contributed by atoms with Crippen molar-refractivity contribution < 1.29 is 14.3 Å². The van der Waals surface area contributed by atoms with Gasteiger partial charge in [0.15, 0.2) is 6.61 Å². The minimum absolute atomic E-state index is 0. The smallest absolute Gasteiger partial charge is 0.255 e. The summed E-state index contributed by atoms with van der Waals surface area (Å²) in [6, 6.07) is 6.72. The molecule has 2 rings (SSSR count). The Morgan fingerprint density at radius 1 is 1.29 bits per heavy atom. The van der Waals surface area contributed by atoms with E-state index in [4.69, 9.17) is 10.5 Å². The molecule has 4 N–H and O–H groups in total. The number of halogens is 1. The maximum atomic E-state index is 12.0. The monoisotopic (exact) mass is 313 g/mol. The third-order valence-electron chi connectivity index (χ3n) is 3.13. The van der Waals surface area contributed by atoms with Crippen LogP contribution in [0.1, 0.15) is 19.3 Å². The van der Waals surface area contributed by atoms with Crippen LogP contribution in [0.15, 0.2) is 24.3 Å². The molecule has 1 atom stereocenters. The molecule has 0 radical (unpaired) electrons. The van der Waals surface area contributed by atoms with Crippen LogP contribution in [0.25, 0.3) is 0 Å². The first-order valence-electron chi connectivity index (χ1n) is 6.70. The molecule has 1 aliphatic heterocycles. The van der Waals surface area contributed by atoms with E-state index in [-0.39, 0.29) is 31.0 Å². The number of rotatable bonds is 5. The average Bonchev–Trinajstić information content (AvgIpc) is 2.47.